The van der Waals surface area contributed by atoms with Crippen LogP contribution in [-0.2, 0) is 18.8 Å². The molecule has 0 unspecified atom stereocenters. The van der Waals surface area contributed by atoms with Crippen molar-refractivity contribution in [2.45, 2.75) is 6.92 Å². The number of anilines is 4. The second kappa shape index (κ2) is 14.2. The quantitative estimate of drug-likeness (QED) is 0.211. The van der Waals surface area contributed by atoms with Gasteiger partial charge in [0, 0.05) is 49.7 Å². The number of aromatic carboxylic acids is 1. The minimum absolute atomic E-state index is 0.0120. The normalized spacial score (nSPS) is 9.98. The van der Waals surface area contributed by atoms with Crippen LogP contribution >= 0.6 is 0 Å². The number of carbonyl (C=O) groups excluding carboxylic acids is 1. The standard InChI is InChI=1S/C17H15FN2O3.C15H11FN2O3/c1-4-11-6-7-14(13(18)8-11)19-15-9-16(21)20(3)10-12(15)17(22)23-5-2;1-3-9-4-5-12(11(16)6-9)17-13-7-14(19)18(2)8-10(13)15(20)21/h1,6-10,19H,5H2,2-3H3;1,4-8,17H,2H3,(H,20,21). The van der Waals surface area contributed by atoms with Crippen LogP contribution in [0.4, 0.5) is 31.5 Å². The minimum atomic E-state index is -1.23. The van der Waals surface area contributed by atoms with E-state index < -0.39 is 29.1 Å². The molecular weight excluding hydrogens is 574 g/mol. The van der Waals surface area contributed by atoms with Crippen LogP contribution in [0.2, 0.25) is 0 Å². The van der Waals surface area contributed by atoms with Gasteiger partial charge in [0.1, 0.15) is 11.6 Å². The molecule has 4 aromatic rings. The number of terminal acetylenes is 2. The Morgan fingerprint density at radius 2 is 1.23 bits per heavy atom. The van der Waals surface area contributed by atoms with Crippen LogP contribution in [0.1, 0.15) is 38.8 Å². The van der Waals surface area contributed by atoms with Gasteiger partial charge >= 0.3 is 11.9 Å². The smallest absolute Gasteiger partial charge is 0.341 e. The molecule has 0 aliphatic carbocycles. The molecule has 0 aliphatic heterocycles. The molecule has 0 aliphatic rings. The monoisotopic (exact) mass is 600 g/mol. The first-order chi connectivity index (χ1) is 20.9. The number of ether oxygens (including phenoxy) is 1. The molecule has 224 valence electrons. The van der Waals surface area contributed by atoms with Crippen LogP contribution < -0.4 is 21.8 Å². The number of nitrogens with one attached hydrogen (secondary N) is 2. The molecular formula is C32H26F2N4O6. The number of esters is 1. The van der Waals surface area contributed by atoms with Crippen LogP contribution in [0.25, 0.3) is 0 Å². The predicted octanol–water partition coefficient (Wildman–Crippen LogP) is 4.37. The maximum Gasteiger partial charge on any atom is 0.341 e. The summed E-state index contributed by atoms with van der Waals surface area (Å²) in [5, 5.41) is 14.5. The summed E-state index contributed by atoms with van der Waals surface area (Å²) in [7, 11) is 2.94. The number of aryl methyl sites for hydroxylation is 2. The van der Waals surface area contributed by atoms with E-state index in [2.05, 4.69) is 22.5 Å². The van der Waals surface area contributed by atoms with Crippen LogP contribution in [0.15, 0.2) is 70.5 Å². The van der Waals surface area contributed by atoms with Gasteiger partial charge in [0.05, 0.1) is 40.5 Å². The average Bonchev–Trinajstić information content (AvgIpc) is 2.98. The maximum absolute atomic E-state index is 14.0. The molecule has 0 saturated heterocycles. The highest BCUT2D eigenvalue weighted by molar-refractivity contribution is 5.96. The molecule has 0 radical (unpaired) electrons. The van der Waals surface area contributed by atoms with Crippen molar-refractivity contribution in [3.63, 3.8) is 0 Å². The molecule has 10 nitrogen and oxygen atoms in total. The molecule has 0 fully saturated rings. The van der Waals surface area contributed by atoms with Gasteiger partial charge in [-0.15, -0.1) is 12.8 Å². The number of benzene rings is 2. The zero-order chi connectivity index (χ0) is 32.6. The van der Waals surface area contributed by atoms with E-state index in [1.54, 1.807) is 13.0 Å². The number of rotatable bonds is 7. The van der Waals surface area contributed by atoms with Crippen molar-refractivity contribution >= 4 is 34.7 Å². The first-order valence-corrected chi connectivity index (χ1v) is 12.8. The third-order valence-corrected chi connectivity index (χ3v) is 5.99. The average molecular weight is 601 g/mol. The first kappa shape index (κ1) is 32.4. The highest BCUT2D eigenvalue weighted by Crippen LogP contribution is 2.24. The Balaban J connectivity index is 0.000000241. The minimum Gasteiger partial charge on any atom is -0.478 e. The number of nitrogens with zero attached hydrogens (tertiary/aromatic N) is 2. The van der Waals surface area contributed by atoms with Crippen molar-refractivity contribution in [1.82, 2.24) is 9.13 Å². The topological polar surface area (TPSA) is 132 Å². The zero-order valence-corrected chi connectivity index (χ0v) is 23.8. The fourth-order valence-electron chi connectivity index (χ4n) is 3.71. The van der Waals surface area contributed by atoms with E-state index in [1.165, 1.54) is 61.4 Å². The van der Waals surface area contributed by atoms with Crippen molar-refractivity contribution in [2.75, 3.05) is 17.2 Å². The van der Waals surface area contributed by atoms with Crippen molar-refractivity contribution in [3.05, 3.63) is 116 Å². The molecule has 44 heavy (non-hydrogen) atoms. The largest absolute Gasteiger partial charge is 0.478 e. The molecule has 2 aromatic heterocycles. The van der Waals surface area contributed by atoms with E-state index in [9.17, 15) is 28.0 Å². The van der Waals surface area contributed by atoms with E-state index >= 15 is 0 Å². The Bertz CT molecular complexity index is 1950. The van der Waals surface area contributed by atoms with Crippen LogP contribution in [0.5, 0.6) is 0 Å². The number of carboxylic acids is 1. The van der Waals surface area contributed by atoms with E-state index in [0.29, 0.717) is 11.1 Å². The van der Waals surface area contributed by atoms with E-state index in [0.717, 1.165) is 16.7 Å². The molecule has 3 N–H and O–H groups in total. The SMILES string of the molecule is C#Cc1ccc(Nc2cc(=O)n(C)cc2C(=O)O)c(F)c1.C#Cc1ccc(Nc2cc(=O)n(C)cc2C(=O)OCC)c(F)c1. The summed E-state index contributed by atoms with van der Waals surface area (Å²) in [6.07, 6.45) is 12.9. The summed E-state index contributed by atoms with van der Waals surface area (Å²) >= 11 is 0. The maximum atomic E-state index is 14.0. The Kier molecular flexibility index (Phi) is 10.4. The van der Waals surface area contributed by atoms with Gasteiger partial charge in [0.15, 0.2) is 0 Å². The summed E-state index contributed by atoms with van der Waals surface area (Å²) in [5.41, 5.74) is 0.295. The first-order valence-electron chi connectivity index (χ1n) is 12.8. The number of pyridine rings is 2. The van der Waals surface area contributed by atoms with Gasteiger partial charge in [-0.3, -0.25) is 9.59 Å². The van der Waals surface area contributed by atoms with Crippen molar-refractivity contribution < 1.29 is 28.2 Å². The van der Waals surface area contributed by atoms with Gasteiger partial charge in [-0.25, -0.2) is 18.4 Å². The van der Waals surface area contributed by atoms with Gasteiger partial charge in [0.25, 0.3) is 11.1 Å². The Hall–Kier alpha value is -6.14. The molecule has 12 heteroatoms. The Labute approximate surface area is 250 Å². The van der Waals surface area contributed by atoms with Crippen LogP contribution in [0, 0.1) is 36.3 Å². The molecule has 0 saturated carbocycles. The van der Waals surface area contributed by atoms with Gasteiger partial charge in [0.2, 0.25) is 0 Å². The Morgan fingerprint density at radius 3 is 1.61 bits per heavy atom. The number of aromatic nitrogens is 2. The number of hydrogen-bond donors (Lipinski definition) is 3. The summed E-state index contributed by atoms with van der Waals surface area (Å²) in [4.78, 5) is 46.6. The van der Waals surface area contributed by atoms with Gasteiger partial charge in [-0.05, 0) is 43.3 Å². The lowest BCUT2D eigenvalue weighted by Gasteiger charge is -2.13. The lowest BCUT2D eigenvalue weighted by Crippen LogP contribution is -2.20. The van der Waals surface area contributed by atoms with Crippen LogP contribution in [0.3, 0.4) is 0 Å². The highest BCUT2D eigenvalue weighted by Gasteiger charge is 2.17. The molecule has 0 bridgehead atoms. The van der Waals surface area contributed by atoms with E-state index in [-0.39, 0.29) is 46.0 Å². The lowest BCUT2D eigenvalue weighted by molar-refractivity contribution is 0.0526. The molecule has 2 aromatic carbocycles. The molecule has 0 atom stereocenters. The van der Waals surface area contributed by atoms with E-state index in [1.807, 2.05) is 0 Å². The summed E-state index contributed by atoms with van der Waals surface area (Å²) in [6.45, 7) is 1.86. The number of carbonyl (C=O) groups is 2. The zero-order valence-electron chi connectivity index (χ0n) is 23.8. The van der Waals surface area contributed by atoms with Gasteiger partial charge in [-0.2, -0.15) is 0 Å². The van der Waals surface area contributed by atoms with E-state index in [4.69, 9.17) is 22.7 Å². The second-order valence-corrected chi connectivity index (χ2v) is 9.05. The van der Waals surface area contributed by atoms with Crippen molar-refractivity contribution in [3.8, 4) is 24.7 Å². The van der Waals surface area contributed by atoms with Gasteiger partial charge in [-0.1, -0.05) is 11.8 Å². The highest BCUT2D eigenvalue weighted by atomic mass is 19.1. The third-order valence-electron chi connectivity index (χ3n) is 5.99. The molecule has 0 spiro atoms. The fourth-order valence-corrected chi connectivity index (χ4v) is 3.71. The summed E-state index contributed by atoms with van der Waals surface area (Å²) in [5.74, 6) is 1.56. The molecule has 4 rings (SSSR count). The number of halogens is 2. The lowest BCUT2D eigenvalue weighted by atomic mass is 10.1. The summed E-state index contributed by atoms with van der Waals surface area (Å²) < 4.78 is 35.2. The fraction of sp³-hybridized carbons (Fsp3) is 0.125. The third kappa shape index (κ3) is 7.78. The Morgan fingerprint density at radius 1 is 0.795 bits per heavy atom. The van der Waals surface area contributed by atoms with Crippen LogP contribution in [-0.4, -0.2) is 32.8 Å². The number of hydrogen-bond acceptors (Lipinski definition) is 7. The van der Waals surface area contributed by atoms with Gasteiger partial charge < -0.3 is 29.6 Å². The number of carboxylic acid groups (broad SMARTS) is 1. The second-order valence-electron chi connectivity index (χ2n) is 9.05. The predicted molar refractivity (Wildman–Crippen MR) is 162 cm³/mol. The molecule has 0 amide bonds. The van der Waals surface area contributed by atoms with Crippen molar-refractivity contribution in [1.29, 1.82) is 0 Å². The van der Waals surface area contributed by atoms with Crippen molar-refractivity contribution in [2.24, 2.45) is 14.1 Å². The summed E-state index contributed by atoms with van der Waals surface area (Å²) in [6, 6.07) is 10.5. The molecule has 2 heterocycles.